The maximum absolute atomic E-state index is 5.45. The molecule has 11 aromatic rings. The average molecular weight is 870 g/mol. The van der Waals surface area contributed by atoms with Gasteiger partial charge in [0.1, 0.15) is 5.54 Å². The number of fused-ring (bicyclic) bond motifs is 8. The van der Waals surface area contributed by atoms with Crippen LogP contribution in [-0.4, -0.2) is 16.1 Å². The molecule has 0 amide bonds. The second-order valence-electron chi connectivity index (χ2n) is 17.0. The quantitative estimate of drug-likeness (QED) is 0.0868. The lowest BCUT2D eigenvalue weighted by molar-refractivity contribution is 0.807. The van der Waals surface area contributed by atoms with Crippen LogP contribution in [0.2, 0.25) is 0 Å². The van der Waals surface area contributed by atoms with Crippen molar-refractivity contribution in [3.05, 3.63) is 285 Å². The van der Waals surface area contributed by atoms with E-state index in [1.807, 2.05) is 6.07 Å². The number of nitrogens with zero attached hydrogens (tertiary/aromatic N) is 3. The van der Waals surface area contributed by atoms with Crippen molar-refractivity contribution in [3.63, 3.8) is 0 Å². The first-order valence-electron chi connectivity index (χ1n) is 23.0. The minimum Gasteiger partial charge on any atom is -0.309 e. The van der Waals surface area contributed by atoms with E-state index in [0.29, 0.717) is 0 Å². The van der Waals surface area contributed by atoms with Gasteiger partial charge in [0, 0.05) is 33.2 Å². The van der Waals surface area contributed by atoms with Crippen molar-refractivity contribution in [2.45, 2.75) is 5.54 Å². The van der Waals surface area contributed by atoms with Gasteiger partial charge in [0.15, 0.2) is 5.84 Å². The number of para-hydroxylation sites is 1. The summed E-state index contributed by atoms with van der Waals surface area (Å²) in [6, 6.07) is 79.0. The average Bonchev–Trinajstić information content (AvgIpc) is 4.09. The molecule has 10 aromatic carbocycles. The fourth-order valence-electron chi connectivity index (χ4n) is 9.89. The Bertz CT molecular complexity index is 3840. The summed E-state index contributed by atoms with van der Waals surface area (Å²) in [5.41, 5.74) is 13.3. The number of allylic oxidation sites excluding steroid dienone is 2. The molecule has 1 aliphatic heterocycles. The molecule has 3 heteroatoms. The standard InChI is InChI=1S/C59H37N3.C4H6.C2H4/c1-3-14-41(15-4-1)57-54-37-59(54,61-58(60-57)42-16-5-2-6-17-42)53-36-46-28-27-44(34-51(46)48-19-9-10-20-49(48)53)39-23-25-40(26-24-39)45-30-32-56-52(35-45)50-21-11-12-22-55(50)62(56)47-31-29-38-13-7-8-18-43(38)33-47;1-3-4-2;1-2/h1-37H;3-4H,1-2H2;1-2H2. The van der Waals surface area contributed by atoms with Crippen LogP contribution >= 0.6 is 0 Å². The first-order chi connectivity index (χ1) is 33.6. The van der Waals surface area contributed by atoms with Crippen molar-refractivity contribution in [2.75, 3.05) is 0 Å². The molecule has 68 heavy (non-hydrogen) atoms. The van der Waals surface area contributed by atoms with Crippen molar-refractivity contribution in [3.8, 4) is 27.9 Å². The van der Waals surface area contributed by atoms with E-state index < -0.39 is 5.54 Å². The maximum Gasteiger partial charge on any atom is 0.156 e. The van der Waals surface area contributed by atoms with Gasteiger partial charge in [0.05, 0.1) is 16.7 Å². The fourth-order valence-corrected chi connectivity index (χ4v) is 9.89. The Hall–Kier alpha value is -8.92. The van der Waals surface area contributed by atoms with E-state index in [-0.39, 0.29) is 0 Å². The molecular weight excluding hydrogens is 823 g/mol. The van der Waals surface area contributed by atoms with Gasteiger partial charge in [0.2, 0.25) is 0 Å². The van der Waals surface area contributed by atoms with Gasteiger partial charge < -0.3 is 4.57 Å². The first-order valence-corrected chi connectivity index (χ1v) is 23.0. The lowest BCUT2D eigenvalue weighted by atomic mass is 9.87. The van der Waals surface area contributed by atoms with Crippen LogP contribution in [0.5, 0.6) is 0 Å². The summed E-state index contributed by atoms with van der Waals surface area (Å²) in [5.74, 6) is 0.762. The molecule has 0 fully saturated rings. The van der Waals surface area contributed by atoms with Gasteiger partial charge in [-0.1, -0.05) is 201 Å². The Labute approximate surface area is 397 Å². The molecule has 1 unspecified atom stereocenters. The second-order valence-corrected chi connectivity index (χ2v) is 17.0. The zero-order chi connectivity index (χ0) is 46.2. The molecule has 2 heterocycles. The monoisotopic (exact) mass is 869 g/mol. The molecule has 1 aromatic heterocycles. The van der Waals surface area contributed by atoms with Gasteiger partial charge in [0.25, 0.3) is 0 Å². The Morgan fingerprint density at radius 1 is 0.397 bits per heavy atom. The molecule has 13 rings (SSSR count). The van der Waals surface area contributed by atoms with Crippen LogP contribution in [0.3, 0.4) is 0 Å². The lowest BCUT2D eigenvalue weighted by Gasteiger charge is -2.24. The van der Waals surface area contributed by atoms with Crippen LogP contribution in [-0.2, 0) is 5.54 Å². The normalized spacial score (nSPS) is 14.7. The molecule has 0 saturated heterocycles. The van der Waals surface area contributed by atoms with Crippen molar-refractivity contribution in [1.29, 1.82) is 0 Å². The zero-order valence-corrected chi connectivity index (χ0v) is 37.7. The highest BCUT2D eigenvalue weighted by atomic mass is 15.1. The number of aliphatic imine (C=N–C) groups is 2. The van der Waals surface area contributed by atoms with E-state index in [0.717, 1.165) is 22.7 Å². The Morgan fingerprint density at radius 3 is 1.65 bits per heavy atom. The summed E-state index contributed by atoms with van der Waals surface area (Å²) in [6.45, 7) is 12.7. The van der Waals surface area contributed by atoms with E-state index in [4.69, 9.17) is 9.98 Å². The predicted octanol–water partition coefficient (Wildman–Crippen LogP) is 16.8. The summed E-state index contributed by atoms with van der Waals surface area (Å²) < 4.78 is 2.40. The van der Waals surface area contributed by atoms with Crippen LogP contribution in [0.25, 0.3) is 82.1 Å². The topological polar surface area (TPSA) is 29.6 Å². The number of hydrogen-bond donors (Lipinski definition) is 0. The van der Waals surface area contributed by atoms with Gasteiger partial charge in [-0.2, -0.15) is 0 Å². The highest BCUT2D eigenvalue weighted by Gasteiger charge is 2.52. The summed E-state index contributed by atoms with van der Waals surface area (Å²) in [4.78, 5) is 10.6. The number of rotatable bonds is 7. The first kappa shape index (κ1) is 41.8. The van der Waals surface area contributed by atoms with Crippen molar-refractivity contribution in [2.24, 2.45) is 9.98 Å². The Morgan fingerprint density at radius 2 is 0.941 bits per heavy atom. The molecule has 2 aliphatic rings. The van der Waals surface area contributed by atoms with Crippen molar-refractivity contribution in [1.82, 2.24) is 4.57 Å². The van der Waals surface area contributed by atoms with E-state index in [2.05, 4.69) is 249 Å². The molecule has 0 N–H and O–H groups in total. The maximum atomic E-state index is 5.45. The van der Waals surface area contributed by atoms with E-state index in [1.54, 1.807) is 12.2 Å². The molecule has 3 nitrogen and oxygen atoms in total. The summed E-state index contributed by atoms with van der Waals surface area (Å²) in [6.07, 6.45) is 5.58. The Balaban J connectivity index is 0.000000806. The molecule has 322 valence electrons. The van der Waals surface area contributed by atoms with Crippen molar-refractivity contribution >= 4 is 65.7 Å². The van der Waals surface area contributed by atoms with E-state index >= 15 is 0 Å². The van der Waals surface area contributed by atoms with Gasteiger partial charge >= 0.3 is 0 Å². The molecule has 0 saturated carbocycles. The molecule has 0 bridgehead atoms. The minimum atomic E-state index is -0.575. The Kier molecular flexibility index (Phi) is 10.7. The van der Waals surface area contributed by atoms with Crippen molar-refractivity contribution < 1.29 is 0 Å². The third kappa shape index (κ3) is 7.18. The van der Waals surface area contributed by atoms with Gasteiger partial charge in [-0.3, -0.25) is 0 Å². The predicted molar refractivity (Wildman–Crippen MR) is 292 cm³/mol. The third-order valence-corrected chi connectivity index (χ3v) is 13.2. The highest BCUT2D eigenvalue weighted by molar-refractivity contribution is 6.26. The minimum absolute atomic E-state index is 0.575. The molecule has 0 radical (unpaired) electrons. The number of aromatic nitrogens is 1. The highest BCUT2D eigenvalue weighted by Crippen LogP contribution is 2.55. The molecular formula is C65H47N3. The van der Waals surface area contributed by atoms with Gasteiger partial charge in [-0.25, -0.2) is 9.98 Å². The van der Waals surface area contributed by atoms with E-state index in [9.17, 15) is 0 Å². The van der Waals surface area contributed by atoms with Crippen LogP contribution in [0.4, 0.5) is 0 Å². The van der Waals surface area contributed by atoms with Crippen LogP contribution in [0, 0.1) is 0 Å². The fraction of sp³-hybridized carbons (Fsp3) is 0.0154. The largest absolute Gasteiger partial charge is 0.309 e. The summed E-state index contributed by atoms with van der Waals surface area (Å²) >= 11 is 0. The second kappa shape index (κ2) is 17.5. The number of amidine groups is 1. The van der Waals surface area contributed by atoms with Crippen LogP contribution in [0.1, 0.15) is 16.7 Å². The lowest BCUT2D eigenvalue weighted by Crippen LogP contribution is -2.22. The van der Waals surface area contributed by atoms with Crippen LogP contribution < -0.4 is 0 Å². The molecule has 0 spiro atoms. The van der Waals surface area contributed by atoms with E-state index in [1.165, 1.54) is 93.2 Å². The van der Waals surface area contributed by atoms with Gasteiger partial charge in [-0.15, -0.1) is 13.2 Å². The van der Waals surface area contributed by atoms with Gasteiger partial charge in [-0.05, 0) is 109 Å². The summed E-state index contributed by atoms with van der Waals surface area (Å²) in [5, 5.41) is 9.87. The third-order valence-electron chi connectivity index (χ3n) is 13.2. The smallest absolute Gasteiger partial charge is 0.156 e. The summed E-state index contributed by atoms with van der Waals surface area (Å²) in [7, 11) is 0. The number of hydrogen-bond acceptors (Lipinski definition) is 2. The van der Waals surface area contributed by atoms with Crippen LogP contribution in [0.15, 0.2) is 278 Å². The molecule has 1 aliphatic carbocycles. The zero-order valence-electron chi connectivity index (χ0n) is 37.7. The number of benzene rings is 10. The molecule has 1 atom stereocenters. The SMILES string of the molecule is C1=C2C(c3ccccc3)=NC(c3ccccc3)=NC12c1cc2ccc(-c3ccc(-c4ccc5c(c4)c4ccccc4n5-c4ccc5ccccc5c4)cc3)cc2c2ccccc12.C=C.C=CC=C.